The Hall–Kier alpha value is -1.40. The van der Waals surface area contributed by atoms with E-state index < -0.39 is 0 Å². The minimum Gasteiger partial charge on any atom is -0.370 e. The van der Waals surface area contributed by atoms with Crippen molar-refractivity contribution in [3.63, 3.8) is 0 Å². The normalized spacial score (nSPS) is 19.3. The molecule has 3 heterocycles. The molecular formula is C14H17BrN4O. The van der Waals surface area contributed by atoms with Crippen molar-refractivity contribution in [2.45, 2.75) is 19.6 Å². The van der Waals surface area contributed by atoms with Crippen molar-refractivity contribution < 1.29 is 4.74 Å². The van der Waals surface area contributed by atoms with Gasteiger partial charge >= 0.3 is 0 Å². The van der Waals surface area contributed by atoms with Crippen LogP contribution in [0, 0.1) is 0 Å². The minimum atomic E-state index is 0.0643. The molecule has 0 N–H and O–H groups in total. The molecule has 3 rings (SSSR count). The van der Waals surface area contributed by atoms with Crippen LogP contribution in [0.25, 0.3) is 0 Å². The maximum absolute atomic E-state index is 5.87. The molecule has 0 radical (unpaired) electrons. The second kappa shape index (κ2) is 5.93. The smallest absolute Gasteiger partial charge is 0.128 e. The molecule has 106 valence electrons. The van der Waals surface area contributed by atoms with Crippen molar-refractivity contribution in [1.29, 1.82) is 0 Å². The average molecular weight is 337 g/mol. The van der Waals surface area contributed by atoms with E-state index in [-0.39, 0.29) is 6.10 Å². The van der Waals surface area contributed by atoms with Crippen LogP contribution in [-0.2, 0) is 11.3 Å². The molecule has 0 amide bonds. The highest BCUT2D eigenvalue weighted by molar-refractivity contribution is 9.10. The van der Waals surface area contributed by atoms with Gasteiger partial charge in [-0.05, 0) is 35.0 Å². The maximum Gasteiger partial charge on any atom is 0.128 e. The standard InChI is InChI=1S/C14H17BrN4O/c1-2-19-9-11(7-17-19)13-10-18(5-6-20-13)14-4-3-12(15)8-16-14/h3-4,7-9,13H,2,5-6,10H2,1H3/t13-/m1/s1. The number of halogens is 1. The maximum atomic E-state index is 5.87. The molecule has 2 aromatic rings. The highest BCUT2D eigenvalue weighted by Crippen LogP contribution is 2.25. The number of ether oxygens (including phenoxy) is 1. The van der Waals surface area contributed by atoms with Gasteiger partial charge in [0.15, 0.2) is 0 Å². The molecule has 6 heteroatoms. The first-order chi connectivity index (χ1) is 9.76. The molecule has 0 unspecified atom stereocenters. The van der Waals surface area contributed by atoms with Crippen LogP contribution in [0.2, 0.25) is 0 Å². The van der Waals surface area contributed by atoms with Crippen LogP contribution in [0.3, 0.4) is 0 Å². The molecule has 0 aromatic carbocycles. The predicted octanol–water partition coefficient (Wildman–Crippen LogP) is 2.64. The van der Waals surface area contributed by atoms with Crippen LogP contribution in [0.15, 0.2) is 35.2 Å². The highest BCUT2D eigenvalue weighted by Gasteiger charge is 2.23. The van der Waals surface area contributed by atoms with E-state index in [2.05, 4.69) is 44.0 Å². The third kappa shape index (κ3) is 2.86. The zero-order chi connectivity index (χ0) is 13.9. The second-order valence-corrected chi connectivity index (χ2v) is 5.69. The van der Waals surface area contributed by atoms with E-state index in [9.17, 15) is 0 Å². The Kier molecular flexibility index (Phi) is 4.03. The summed E-state index contributed by atoms with van der Waals surface area (Å²) in [6.45, 7) is 5.35. The number of rotatable bonds is 3. The Labute approximate surface area is 126 Å². The minimum absolute atomic E-state index is 0.0643. The van der Waals surface area contributed by atoms with Crippen molar-refractivity contribution >= 4 is 21.7 Å². The van der Waals surface area contributed by atoms with Crippen molar-refractivity contribution in [1.82, 2.24) is 14.8 Å². The summed E-state index contributed by atoms with van der Waals surface area (Å²) in [6.07, 6.45) is 5.85. The molecule has 1 saturated heterocycles. The van der Waals surface area contributed by atoms with Gasteiger partial charge in [-0.15, -0.1) is 0 Å². The number of nitrogens with zero attached hydrogens (tertiary/aromatic N) is 4. The molecule has 0 aliphatic carbocycles. The summed E-state index contributed by atoms with van der Waals surface area (Å²) in [7, 11) is 0. The molecular weight excluding hydrogens is 320 g/mol. The number of aryl methyl sites for hydroxylation is 1. The quantitative estimate of drug-likeness (QED) is 0.864. The van der Waals surface area contributed by atoms with Crippen molar-refractivity contribution in [2.24, 2.45) is 0 Å². The summed E-state index contributed by atoms with van der Waals surface area (Å²) in [5.74, 6) is 0.990. The fourth-order valence-electron chi connectivity index (χ4n) is 2.33. The van der Waals surface area contributed by atoms with E-state index in [0.717, 1.165) is 35.5 Å². The molecule has 0 spiro atoms. The van der Waals surface area contributed by atoms with Crippen molar-refractivity contribution in [3.8, 4) is 0 Å². The molecule has 5 nitrogen and oxygen atoms in total. The molecule has 1 aliphatic heterocycles. The molecule has 0 bridgehead atoms. The third-order valence-corrected chi connectivity index (χ3v) is 3.92. The van der Waals surface area contributed by atoms with Gasteiger partial charge < -0.3 is 9.64 Å². The number of anilines is 1. The van der Waals surface area contributed by atoms with Gasteiger partial charge in [0.25, 0.3) is 0 Å². The zero-order valence-electron chi connectivity index (χ0n) is 11.4. The molecule has 20 heavy (non-hydrogen) atoms. The van der Waals surface area contributed by atoms with Crippen molar-refractivity contribution in [2.75, 3.05) is 24.6 Å². The summed E-state index contributed by atoms with van der Waals surface area (Å²) < 4.78 is 8.79. The number of hydrogen-bond acceptors (Lipinski definition) is 4. The van der Waals surface area contributed by atoms with Gasteiger partial charge in [0.1, 0.15) is 11.9 Å². The zero-order valence-corrected chi connectivity index (χ0v) is 13.0. The van der Waals surface area contributed by atoms with Crippen LogP contribution in [-0.4, -0.2) is 34.5 Å². The molecule has 1 atom stereocenters. The van der Waals surface area contributed by atoms with Gasteiger partial charge in [-0.1, -0.05) is 0 Å². The predicted molar refractivity (Wildman–Crippen MR) is 80.7 cm³/mol. The van der Waals surface area contributed by atoms with Gasteiger partial charge in [0.2, 0.25) is 0 Å². The van der Waals surface area contributed by atoms with E-state index in [1.165, 1.54) is 0 Å². The van der Waals surface area contributed by atoms with E-state index >= 15 is 0 Å². The number of aromatic nitrogens is 3. The molecule has 1 aliphatic rings. The fourth-order valence-corrected chi connectivity index (χ4v) is 2.57. The van der Waals surface area contributed by atoms with Gasteiger partial charge in [-0.2, -0.15) is 5.10 Å². The molecule has 0 saturated carbocycles. The van der Waals surface area contributed by atoms with Crippen LogP contribution in [0.1, 0.15) is 18.6 Å². The summed E-state index contributed by atoms with van der Waals surface area (Å²) in [5.41, 5.74) is 1.13. The van der Waals surface area contributed by atoms with Gasteiger partial charge in [-0.3, -0.25) is 4.68 Å². The first kappa shape index (κ1) is 13.6. The Morgan fingerprint density at radius 1 is 1.40 bits per heavy atom. The molecule has 2 aromatic heterocycles. The average Bonchev–Trinajstić information content (AvgIpc) is 2.97. The van der Waals surface area contributed by atoms with Gasteiger partial charge in [0.05, 0.1) is 12.8 Å². The first-order valence-corrected chi connectivity index (χ1v) is 7.56. The molecule has 1 fully saturated rings. The lowest BCUT2D eigenvalue weighted by Gasteiger charge is -2.33. The van der Waals surface area contributed by atoms with Crippen LogP contribution in [0.4, 0.5) is 5.82 Å². The lowest BCUT2D eigenvalue weighted by molar-refractivity contribution is 0.0395. The number of pyridine rings is 1. The second-order valence-electron chi connectivity index (χ2n) is 4.77. The van der Waals surface area contributed by atoms with Crippen LogP contribution < -0.4 is 4.90 Å². The van der Waals surface area contributed by atoms with Gasteiger partial charge in [-0.25, -0.2) is 4.98 Å². The van der Waals surface area contributed by atoms with Crippen LogP contribution in [0.5, 0.6) is 0 Å². The Morgan fingerprint density at radius 3 is 3.00 bits per heavy atom. The van der Waals surface area contributed by atoms with Crippen molar-refractivity contribution in [3.05, 3.63) is 40.8 Å². The largest absolute Gasteiger partial charge is 0.370 e. The lowest BCUT2D eigenvalue weighted by atomic mass is 10.1. The topological polar surface area (TPSA) is 43.2 Å². The van der Waals surface area contributed by atoms with E-state index in [1.54, 1.807) is 0 Å². The summed E-state index contributed by atoms with van der Waals surface area (Å²) in [5, 5.41) is 4.32. The summed E-state index contributed by atoms with van der Waals surface area (Å²) in [6, 6.07) is 4.05. The van der Waals surface area contributed by atoms with E-state index in [1.807, 2.05) is 29.2 Å². The number of morpholine rings is 1. The Bertz CT molecular complexity index is 569. The third-order valence-electron chi connectivity index (χ3n) is 3.45. The summed E-state index contributed by atoms with van der Waals surface area (Å²) >= 11 is 3.41. The fraction of sp³-hybridized carbons (Fsp3) is 0.429. The number of hydrogen-bond donors (Lipinski definition) is 0. The SMILES string of the molecule is CCn1cc([C@H]2CN(c3ccc(Br)cn3)CCO2)cn1. The Morgan fingerprint density at radius 2 is 2.30 bits per heavy atom. The monoisotopic (exact) mass is 336 g/mol. The highest BCUT2D eigenvalue weighted by atomic mass is 79.9. The first-order valence-electron chi connectivity index (χ1n) is 6.76. The van der Waals surface area contributed by atoms with Crippen LogP contribution >= 0.6 is 15.9 Å². The Balaban J connectivity index is 1.74. The van der Waals surface area contributed by atoms with E-state index in [4.69, 9.17) is 4.74 Å². The van der Waals surface area contributed by atoms with E-state index in [0.29, 0.717) is 6.61 Å². The summed E-state index contributed by atoms with van der Waals surface area (Å²) in [4.78, 5) is 6.71. The van der Waals surface area contributed by atoms with Gasteiger partial charge in [0, 0.05) is 42.1 Å². The lowest BCUT2D eigenvalue weighted by Crippen LogP contribution is -2.38.